The summed E-state index contributed by atoms with van der Waals surface area (Å²) in [7, 11) is 3.48. The van der Waals surface area contributed by atoms with Crippen LogP contribution in [0.3, 0.4) is 0 Å². The van der Waals surface area contributed by atoms with Gasteiger partial charge >= 0.3 is 0 Å². The van der Waals surface area contributed by atoms with E-state index in [1.807, 2.05) is 6.42 Å². The van der Waals surface area contributed by atoms with Gasteiger partial charge in [-0.3, -0.25) is 10.2 Å². The number of carbonyl (C=O) groups excluding carboxylic acids is 1. The van der Waals surface area contributed by atoms with Crippen LogP contribution in [0, 0.1) is 11.8 Å². The second-order valence-electron chi connectivity index (χ2n) is 3.10. The van der Waals surface area contributed by atoms with Crippen molar-refractivity contribution in [1.29, 1.82) is 5.41 Å². The molecular formula is C8H14N3O. The highest BCUT2D eigenvalue weighted by molar-refractivity contribution is 5.84. The maximum atomic E-state index is 11.5. The predicted molar refractivity (Wildman–Crippen MR) is 46.9 cm³/mol. The molecule has 1 heterocycles. The van der Waals surface area contributed by atoms with Crippen LogP contribution >= 0.6 is 0 Å². The normalized spacial score (nSPS) is 22.5. The van der Waals surface area contributed by atoms with Crippen LogP contribution in [-0.4, -0.2) is 48.7 Å². The molecule has 67 valence electrons. The Morgan fingerprint density at radius 1 is 1.75 bits per heavy atom. The zero-order valence-electron chi connectivity index (χ0n) is 7.45. The van der Waals surface area contributed by atoms with Crippen molar-refractivity contribution in [2.45, 2.75) is 12.5 Å². The number of rotatable bonds is 2. The van der Waals surface area contributed by atoms with Crippen molar-refractivity contribution in [3.8, 4) is 0 Å². The number of likely N-dealkylation sites (tertiary alicyclic amines) is 1. The Hall–Kier alpha value is -1.06. The van der Waals surface area contributed by atoms with Gasteiger partial charge in [-0.25, -0.2) is 0 Å². The van der Waals surface area contributed by atoms with Crippen molar-refractivity contribution in [2.75, 3.05) is 20.6 Å². The first-order valence-corrected chi connectivity index (χ1v) is 3.96. The molecule has 1 saturated heterocycles. The van der Waals surface area contributed by atoms with E-state index < -0.39 is 0 Å². The second kappa shape index (κ2) is 3.56. The molecule has 1 N–H and O–H groups in total. The van der Waals surface area contributed by atoms with E-state index in [9.17, 15) is 4.79 Å². The first-order valence-electron chi connectivity index (χ1n) is 3.96. The third-order valence-electron chi connectivity index (χ3n) is 2.02. The van der Waals surface area contributed by atoms with Crippen LogP contribution in [0.4, 0.5) is 0 Å². The van der Waals surface area contributed by atoms with Crippen LogP contribution in [0.25, 0.3) is 0 Å². The Labute approximate surface area is 72.7 Å². The van der Waals surface area contributed by atoms with Gasteiger partial charge in [0.25, 0.3) is 0 Å². The van der Waals surface area contributed by atoms with Gasteiger partial charge in [-0.1, -0.05) is 0 Å². The van der Waals surface area contributed by atoms with Gasteiger partial charge in [0, 0.05) is 20.6 Å². The molecule has 0 aromatic carbocycles. The summed E-state index contributed by atoms with van der Waals surface area (Å²) in [6.45, 7) is 0.716. The fourth-order valence-corrected chi connectivity index (χ4v) is 1.33. The molecule has 4 nitrogen and oxygen atoms in total. The standard InChI is InChI=1S/C8H14N3O/c1-10(2)8(12)7-4-3-5-11(7)6-9/h3,6-7,9H,4-5H2,1-2H3. The summed E-state index contributed by atoms with van der Waals surface area (Å²) in [5.74, 6) is 0.0762. The Balaban J connectivity index is 2.61. The Morgan fingerprint density at radius 3 is 2.92 bits per heavy atom. The zero-order valence-corrected chi connectivity index (χ0v) is 7.45. The molecule has 0 aromatic heterocycles. The van der Waals surface area contributed by atoms with Gasteiger partial charge in [0.15, 0.2) is 0 Å². The average molecular weight is 168 g/mol. The minimum absolute atomic E-state index is 0.0762. The van der Waals surface area contributed by atoms with Gasteiger partial charge < -0.3 is 9.80 Å². The van der Waals surface area contributed by atoms with Crippen LogP contribution < -0.4 is 0 Å². The maximum absolute atomic E-state index is 11.5. The van der Waals surface area contributed by atoms with Gasteiger partial charge in [0.05, 0.1) is 6.34 Å². The largest absolute Gasteiger partial charge is 0.351 e. The Morgan fingerprint density at radius 2 is 2.42 bits per heavy atom. The molecule has 0 bridgehead atoms. The van der Waals surface area contributed by atoms with Crippen LogP contribution in [0.1, 0.15) is 6.42 Å². The molecular weight excluding hydrogens is 154 g/mol. The smallest absolute Gasteiger partial charge is 0.244 e. The summed E-state index contributed by atoms with van der Waals surface area (Å²) in [5.41, 5.74) is 0. The molecule has 0 saturated carbocycles. The van der Waals surface area contributed by atoms with Crippen molar-refractivity contribution >= 4 is 12.2 Å². The van der Waals surface area contributed by atoms with E-state index in [1.165, 1.54) is 6.34 Å². The lowest BCUT2D eigenvalue weighted by Gasteiger charge is -2.23. The number of likely N-dealkylation sites (N-methyl/N-ethyl adjacent to an activating group) is 1. The second-order valence-corrected chi connectivity index (χ2v) is 3.10. The number of amides is 1. The predicted octanol–water partition coefficient (Wildman–Crippen LogP) is -0.0397. The summed E-state index contributed by atoms with van der Waals surface area (Å²) < 4.78 is 0. The summed E-state index contributed by atoms with van der Waals surface area (Å²) in [6.07, 6.45) is 4.01. The van der Waals surface area contributed by atoms with Gasteiger partial charge in [0.1, 0.15) is 6.04 Å². The minimum atomic E-state index is -0.141. The SMILES string of the molecule is CN(C)C(=O)C1C[CH]CN1C=N. The lowest BCUT2D eigenvalue weighted by atomic mass is 10.2. The van der Waals surface area contributed by atoms with Crippen molar-refractivity contribution in [1.82, 2.24) is 9.80 Å². The van der Waals surface area contributed by atoms with E-state index >= 15 is 0 Å². The first-order chi connectivity index (χ1) is 5.66. The summed E-state index contributed by atoms with van der Waals surface area (Å²) in [6, 6.07) is -0.141. The third kappa shape index (κ3) is 1.57. The molecule has 4 heteroatoms. The molecule has 0 aliphatic carbocycles. The summed E-state index contributed by atoms with van der Waals surface area (Å²) in [4.78, 5) is 14.8. The summed E-state index contributed by atoms with van der Waals surface area (Å²) in [5, 5.41) is 7.07. The lowest BCUT2D eigenvalue weighted by Crippen LogP contribution is -2.41. The van der Waals surface area contributed by atoms with E-state index in [0.717, 1.165) is 6.42 Å². The number of nitrogens with zero attached hydrogens (tertiary/aromatic N) is 2. The molecule has 1 aliphatic rings. The van der Waals surface area contributed by atoms with Crippen molar-refractivity contribution in [3.05, 3.63) is 6.42 Å². The quantitative estimate of drug-likeness (QED) is 0.464. The molecule has 0 spiro atoms. The Bertz CT molecular complexity index is 191. The molecule has 1 atom stereocenters. The lowest BCUT2D eigenvalue weighted by molar-refractivity contribution is -0.132. The van der Waals surface area contributed by atoms with Gasteiger partial charge in [-0.05, 0) is 12.8 Å². The van der Waals surface area contributed by atoms with E-state index in [2.05, 4.69) is 0 Å². The van der Waals surface area contributed by atoms with E-state index in [4.69, 9.17) is 5.41 Å². The van der Waals surface area contributed by atoms with Gasteiger partial charge in [-0.2, -0.15) is 0 Å². The van der Waals surface area contributed by atoms with Crippen molar-refractivity contribution in [3.63, 3.8) is 0 Å². The van der Waals surface area contributed by atoms with Crippen LogP contribution in [-0.2, 0) is 4.79 Å². The monoisotopic (exact) mass is 168 g/mol. The highest BCUT2D eigenvalue weighted by Crippen LogP contribution is 2.15. The molecule has 1 unspecified atom stereocenters. The fraction of sp³-hybridized carbons (Fsp3) is 0.625. The van der Waals surface area contributed by atoms with E-state index in [1.54, 1.807) is 23.9 Å². The van der Waals surface area contributed by atoms with Gasteiger partial charge in [-0.15, -0.1) is 0 Å². The fourth-order valence-electron chi connectivity index (χ4n) is 1.33. The van der Waals surface area contributed by atoms with Crippen LogP contribution in [0.2, 0.25) is 0 Å². The van der Waals surface area contributed by atoms with Gasteiger partial charge in [0.2, 0.25) is 5.91 Å². The molecule has 1 aliphatic heterocycles. The topological polar surface area (TPSA) is 47.4 Å². The average Bonchev–Trinajstić information content (AvgIpc) is 2.49. The molecule has 1 amide bonds. The zero-order chi connectivity index (χ0) is 9.14. The van der Waals surface area contributed by atoms with Crippen molar-refractivity contribution in [2.24, 2.45) is 0 Å². The Kier molecular flexibility index (Phi) is 2.68. The molecule has 12 heavy (non-hydrogen) atoms. The summed E-state index contributed by atoms with van der Waals surface area (Å²) >= 11 is 0. The van der Waals surface area contributed by atoms with Crippen LogP contribution in [0.15, 0.2) is 0 Å². The van der Waals surface area contributed by atoms with E-state index in [0.29, 0.717) is 6.54 Å². The highest BCUT2D eigenvalue weighted by atomic mass is 16.2. The van der Waals surface area contributed by atoms with E-state index in [-0.39, 0.29) is 11.9 Å². The first kappa shape index (κ1) is 9.03. The minimum Gasteiger partial charge on any atom is -0.351 e. The number of hydrogen-bond acceptors (Lipinski definition) is 2. The molecule has 1 fully saturated rings. The number of nitrogens with one attached hydrogen (secondary N) is 1. The molecule has 1 radical (unpaired) electrons. The van der Waals surface area contributed by atoms with Crippen molar-refractivity contribution < 1.29 is 4.79 Å². The molecule has 1 rings (SSSR count). The number of hydrogen-bond donors (Lipinski definition) is 1. The van der Waals surface area contributed by atoms with Crippen LogP contribution in [0.5, 0.6) is 0 Å². The number of carbonyl (C=O) groups is 1. The molecule has 0 aromatic rings. The maximum Gasteiger partial charge on any atom is 0.244 e. The highest BCUT2D eigenvalue weighted by Gasteiger charge is 2.29. The third-order valence-corrected chi connectivity index (χ3v) is 2.02.